The molecule has 1 rings (SSSR count). The third-order valence-corrected chi connectivity index (χ3v) is 2.16. The Bertz CT molecular complexity index is 362. The van der Waals surface area contributed by atoms with E-state index in [4.69, 9.17) is 10.2 Å². The van der Waals surface area contributed by atoms with Gasteiger partial charge in [0.25, 0.3) is 0 Å². The molecular formula is C13H17NO2. The summed E-state index contributed by atoms with van der Waals surface area (Å²) in [6, 6.07) is 0. The molecule has 3 heteroatoms. The summed E-state index contributed by atoms with van der Waals surface area (Å²) in [7, 11) is 0. The number of rotatable bonds is 5. The van der Waals surface area contributed by atoms with Crippen molar-refractivity contribution < 1.29 is 10.2 Å². The van der Waals surface area contributed by atoms with E-state index in [1.54, 1.807) is 6.08 Å². The fourth-order valence-corrected chi connectivity index (χ4v) is 1.39. The lowest BCUT2D eigenvalue weighted by Gasteiger charge is -2.09. The van der Waals surface area contributed by atoms with E-state index in [-0.39, 0.29) is 12.4 Å². The van der Waals surface area contributed by atoms with Crippen LogP contribution < -0.4 is 0 Å². The largest absolute Gasteiger partial charge is 0.509 e. The van der Waals surface area contributed by atoms with Crippen molar-refractivity contribution in [3.05, 3.63) is 48.4 Å². The Kier molecular flexibility index (Phi) is 5.29. The van der Waals surface area contributed by atoms with Crippen LogP contribution in [0, 0.1) is 0 Å². The van der Waals surface area contributed by atoms with Gasteiger partial charge in [-0.15, -0.1) is 0 Å². The van der Waals surface area contributed by atoms with Crippen molar-refractivity contribution in [1.82, 2.24) is 0 Å². The summed E-state index contributed by atoms with van der Waals surface area (Å²) in [6.45, 7) is 3.38. The molecule has 1 aliphatic rings. The second-order valence-corrected chi connectivity index (χ2v) is 3.55. The quantitative estimate of drug-likeness (QED) is 0.551. The van der Waals surface area contributed by atoms with Crippen molar-refractivity contribution in [3.63, 3.8) is 0 Å². The minimum absolute atomic E-state index is 0.0436. The number of hydrogen-bond acceptors (Lipinski definition) is 3. The Labute approximate surface area is 95.8 Å². The van der Waals surface area contributed by atoms with Crippen LogP contribution in [0.2, 0.25) is 0 Å². The summed E-state index contributed by atoms with van der Waals surface area (Å²) in [6.07, 6.45) is 11.7. The topological polar surface area (TPSA) is 52.8 Å². The summed E-state index contributed by atoms with van der Waals surface area (Å²) in [5.74, 6) is 0.0436. The predicted molar refractivity (Wildman–Crippen MR) is 66.5 cm³/mol. The fourth-order valence-electron chi connectivity index (χ4n) is 1.39. The number of aliphatic hydroxyl groups excluding tert-OH is 2. The van der Waals surface area contributed by atoms with Crippen LogP contribution >= 0.6 is 0 Å². The molecule has 0 radical (unpaired) electrons. The summed E-state index contributed by atoms with van der Waals surface area (Å²) in [5, 5.41) is 17.7. The highest BCUT2D eigenvalue weighted by atomic mass is 16.3. The standard InChI is InChI=1S/C13H17NO2/c1-11(16)6-3-2-4-7-12-8-5-9-13(10-15)14-12/h2-4,6,8,15-16H,1,5,7,9-10H2/b4-2-,6-3-. The van der Waals surface area contributed by atoms with Gasteiger partial charge in [-0.2, -0.15) is 0 Å². The first-order valence-corrected chi connectivity index (χ1v) is 5.30. The molecule has 0 aromatic heterocycles. The van der Waals surface area contributed by atoms with E-state index in [0.29, 0.717) is 0 Å². The van der Waals surface area contributed by atoms with Gasteiger partial charge < -0.3 is 10.2 Å². The van der Waals surface area contributed by atoms with Crippen LogP contribution in [0.25, 0.3) is 0 Å². The average Bonchev–Trinajstić information content (AvgIpc) is 2.28. The van der Waals surface area contributed by atoms with Gasteiger partial charge in [0.05, 0.1) is 6.61 Å². The van der Waals surface area contributed by atoms with E-state index in [1.807, 2.05) is 12.2 Å². The van der Waals surface area contributed by atoms with Gasteiger partial charge in [-0.1, -0.05) is 30.9 Å². The van der Waals surface area contributed by atoms with Crippen molar-refractivity contribution in [2.45, 2.75) is 19.3 Å². The molecule has 0 unspecified atom stereocenters. The highest BCUT2D eigenvalue weighted by Gasteiger charge is 2.04. The first kappa shape index (κ1) is 12.5. The molecule has 0 fully saturated rings. The molecule has 0 amide bonds. The molecule has 0 bridgehead atoms. The van der Waals surface area contributed by atoms with Crippen molar-refractivity contribution >= 4 is 5.71 Å². The highest BCUT2D eigenvalue weighted by molar-refractivity contribution is 5.87. The maximum atomic E-state index is 8.95. The van der Waals surface area contributed by atoms with Gasteiger partial charge in [0.2, 0.25) is 0 Å². The van der Waals surface area contributed by atoms with Gasteiger partial charge in [-0.3, -0.25) is 4.99 Å². The van der Waals surface area contributed by atoms with Gasteiger partial charge in [0, 0.05) is 17.8 Å². The zero-order valence-electron chi connectivity index (χ0n) is 9.26. The van der Waals surface area contributed by atoms with Crippen LogP contribution in [-0.4, -0.2) is 22.5 Å². The van der Waals surface area contributed by atoms with Crippen molar-refractivity contribution in [2.24, 2.45) is 4.99 Å². The molecule has 0 atom stereocenters. The molecule has 2 N–H and O–H groups in total. The van der Waals surface area contributed by atoms with Crippen LogP contribution in [0.15, 0.2) is 53.4 Å². The second kappa shape index (κ2) is 6.80. The molecule has 0 aliphatic carbocycles. The molecule has 1 aliphatic heterocycles. The minimum atomic E-state index is 0.0436. The average molecular weight is 219 g/mol. The lowest BCUT2D eigenvalue weighted by atomic mass is 10.1. The highest BCUT2D eigenvalue weighted by Crippen LogP contribution is 2.14. The molecule has 0 aromatic carbocycles. The molecule has 1 heterocycles. The van der Waals surface area contributed by atoms with Gasteiger partial charge in [0.1, 0.15) is 5.76 Å². The van der Waals surface area contributed by atoms with Crippen molar-refractivity contribution in [3.8, 4) is 0 Å². The molecule has 16 heavy (non-hydrogen) atoms. The maximum absolute atomic E-state index is 8.95. The normalized spacial score (nSPS) is 16.6. The summed E-state index contributed by atoms with van der Waals surface area (Å²) < 4.78 is 0. The lowest BCUT2D eigenvalue weighted by molar-refractivity contribution is 0.354. The zero-order chi connectivity index (χ0) is 11.8. The first-order chi connectivity index (χ1) is 7.72. The van der Waals surface area contributed by atoms with E-state index in [2.05, 4.69) is 17.6 Å². The van der Waals surface area contributed by atoms with Crippen LogP contribution in [0.1, 0.15) is 19.3 Å². The monoisotopic (exact) mass is 219 g/mol. The van der Waals surface area contributed by atoms with Crippen LogP contribution in [0.3, 0.4) is 0 Å². The van der Waals surface area contributed by atoms with Gasteiger partial charge in [-0.25, -0.2) is 0 Å². The summed E-state index contributed by atoms with van der Waals surface area (Å²) in [5.41, 5.74) is 1.84. The Morgan fingerprint density at radius 3 is 3.00 bits per heavy atom. The number of aliphatic imine (C=N–C) groups is 1. The maximum Gasteiger partial charge on any atom is 0.108 e. The third-order valence-electron chi connectivity index (χ3n) is 2.16. The summed E-state index contributed by atoms with van der Waals surface area (Å²) >= 11 is 0. The molecule has 86 valence electrons. The number of allylic oxidation sites excluding steroid dienone is 5. The zero-order valence-corrected chi connectivity index (χ0v) is 9.26. The number of aliphatic hydroxyl groups is 2. The molecule has 0 spiro atoms. The van der Waals surface area contributed by atoms with Crippen molar-refractivity contribution in [2.75, 3.05) is 6.61 Å². The lowest BCUT2D eigenvalue weighted by Crippen LogP contribution is -2.07. The smallest absolute Gasteiger partial charge is 0.108 e. The van der Waals surface area contributed by atoms with Gasteiger partial charge >= 0.3 is 0 Å². The Balaban J connectivity index is 2.41. The second-order valence-electron chi connectivity index (χ2n) is 3.55. The van der Waals surface area contributed by atoms with E-state index >= 15 is 0 Å². The van der Waals surface area contributed by atoms with Crippen LogP contribution in [-0.2, 0) is 0 Å². The molecule has 3 nitrogen and oxygen atoms in total. The Hall–Kier alpha value is -1.61. The van der Waals surface area contributed by atoms with Gasteiger partial charge in [-0.05, 0) is 18.9 Å². The molecule has 0 aromatic rings. The SMILES string of the molecule is C=C(O)/C=C\C=C/CC1=CCCC(CO)=N1. The third kappa shape index (κ3) is 4.75. The molecular weight excluding hydrogens is 202 g/mol. The van der Waals surface area contributed by atoms with Crippen LogP contribution in [0.4, 0.5) is 0 Å². The number of hydrogen-bond donors (Lipinski definition) is 2. The van der Waals surface area contributed by atoms with E-state index < -0.39 is 0 Å². The fraction of sp³-hybridized carbons (Fsp3) is 0.308. The van der Waals surface area contributed by atoms with Gasteiger partial charge in [0.15, 0.2) is 0 Å². The predicted octanol–water partition coefficient (Wildman–Crippen LogP) is 2.67. The molecule has 0 saturated carbocycles. The first-order valence-electron chi connectivity index (χ1n) is 5.30. The van der Waals surface area contributed by atoms with E-state index in [1.165, 1.54) is 6.08 Å². The number of nitrogens with zero attached hydrogens (tertiary/aromatic N) is 1. The van der Waals surface area contributed by atoms with Crippen LogP contribution in [0.5, 0.6) is 0 Å². The molecule has 0 saturated heterocycles. The van der Waals surface area contributed by atoms with Crippen molar-refractivity contribution in [1.29, 1.82) is 0 Å². The minimum Gasteiger partial charge on any atom is -0.509 e. The Morgan fingerprint density at radius 1 is 1.50 bits per heavy atom. The van der Waals surface area contributed by atoms with E-state index in [9.17, 15) is 0 Å². The summed E-state index contributed by atoms with van der Waals surface area (Å²) in [4.78, 5) is 4.32. The Morgan fingerprint density at radius 2 is 2.31 bits per heavy atom. The van der Waals surface area contributed by atoms with E-state index in [0.717, 1.165) is 30.7 Å².